The van der Waals surface area contributed by atoms with Crippen molar-refractivity contribution in [2.45, 2.75) is 37.1 Å². The fourth-order valence-corrected chi connectivity index (χ4v) is 1.28. The molecule has 8 nitrogen and oxygen atoms in total. The molecule has 5 atom stereocenters. The van der Waals surface area contributed by atoms with Crippen LogP contribution >= 0.6 is 0 Å². The summed E-state index contributed by atoms with van der Waals surface area (Å²) in [6.07, 6.45) is -7.06. The molecule has 0 amide bonds. The second-order valence-corrected chi connectivity index (χ2v) is 3.36. The van der Waals surface area contributed by atoms with Crippen molar-refractivity contribution in [1.29, 1.82) is 0 Å². The highest BCUT2D eigenvalue weighted by Gasteiger charge is 2.52. The van der Waals surface area contributed by atoms with Crippen molar-refractivity contribution in [3.05, 3.63) is 0 Å². The average Bonchev–Trinajstić information content (AvgIpc) is 2.08. The summed E-state index contributed by atoms with van der Waals surface area (Å²) in [5.74, 6) is -3.72. The van der Waals surface area contributed by atoms with Gasteiger partial charge in [0, 0.05) is 0 Å². The Hall–Kier alpha value is -0.770. The maximum atomic E-state index is 10.5. The summed E-state index contributed by atoms with van der Waals surface area (Å²) in [6.45, 7) is 1.00. The minimum Gasteiger partial charge on any atom is -0.479 e. The molecule has 1 aliphatic heterocycles. The summed E-state index contributed by atoms with van der Waals surface area (Å²) >= 11 is 0. The van der Waals surface area contributed by atoms with E-state index in [0.29, 0.717) is 0 Å². The monoisotopic (exact) mass is 226 g/mol. The van der Waals surface area contributed by atoms with Gasteiger partial charge in [-0.15, -0.1) is 0 Å². The first kappa shape index (κ1) is 14.2. The van der Waals surface area contributed by atoms with E-state index in [1.165, 1.54) is 0 Å². The van der Waals surface area contributed by atoms with E-state index in [4.69, 9.17) is 5.11 Å². The standard InChI is InChI=1S/C7H12O7.H2O/c1-7(13)5(10)3(9)2(8)4(14-7)6(11)12;/h2-5,8-10,13H,1H3,(H,11,12);1H2/t2-,3-,4-,5+,7+;/m0./s1. The Labute approximate surface area is 84.7 Å². The van der Waals surface area contributed by atoms with Gasteiger partial charge in [0.25, 0.3) is 0 Å². The molecule has 8 heteroatoms. The van der Waals surface area contributed by atoms with Gasteiger partial charge in [-0.3, -0.25) is 0 Å². The third-order valence-electron chi connectivity index (χ3n) is 2.14. The minimum atomic E-state index is -2.19. The van der Waals surface area contributed by atoms with Crippen molar-refractivity contribution >= 4 is 5.97 Å². The number of aliphatic hydroxyl groups excluding tert-OH is 3. The second-order valence-electron chi connectivity index (χ2n) is 3.36. The van der Waals surface area contributed by atoms with Crippen molar-refractivity contribution in [3.8, 4) is 0 Å². The third-order valence-corrected chi connectivity index (χ3v) is 2.14. The van der Waals surface area contributed by atoms with Crippen molar-refractivity contribution in [2.24, 2.45) is 0 Å². The first-order chi connectivity index (χ1) is 6.27. The normalized spacial score (nSPS) is 45.7. The summed E-state index contributed by atoms with van der Waals surface area (Å²) in [7, 11) is 0. The van der Waals surface area contributed by atoms with Gasteiger partial charge in [0.2, 0.25) is 0 Å². The van der Waals surface area contributed by atoms with Crippen LogP contribution in [-0.2, 0) is 9.53 Å². The SMILES string of the molecule is C[C@@]1(O)O[C@H](C(=O)O)[C@@H](O)[C@H](O)[C@H]1O.O. The fraction of sp³-hybridized carbons (Fsp3) is 0.857. The molecule has 0 spiro atoms. The van der Waals surface area contributed by atoms with Crippen LogP contribution in [0, 0.1) is 0 Å². The number of carbonyl (C=O) groups is 1. The Kier molecular flexibility index (Phi) is 4.17. The number of aliphatic hydroxyl groups is 4. The van der Waals surface area contributed by atoms with E-state index in [2.05, 4.69) is 4.74 Å². The molecule has 1 saturated heterocycles. The van der Waals surface area contributed by atoms with Gasteiger partial charge in [-0.1, -0.05) is 0 Å². The predicted octanol–water partition coefficient (Wildman–Crippen LogP) is -3.56. The maximum absolute atomic E-state index is 10.5. The molecule has 0 unspecified atom stereocenters. The molecule has 0 bridgehead atoms. The van der Waals surface area contributed by atoms with Gasteiger partial charge >= 0.3 is 5.97 Å². The Morgan fingerprint density at radius 3 is 2.13 bits per heavy atom. The summed E-state index contributed by atoms with van der Waals surface area (Å²) < 4.78 is 4.53. The van der Waals surface area contributed by atoms with Gasteiger partial charge < -0.3 is 35.7 Å². The zero-order chi connectivity index (χ0) is 11.1. The molecule has 7 N–H and O–H groups in total. The molecule has 1 aliphatic rings. The van der Waals surface area contributed by atoms with E-state index in [1.54, 1.807) is 0 Å². The Morgan fingerprint density at radius 1 is 1.27 bits per heavy atom. The Morgan fingerprint density at radius 2 is 1.73 bits per heavy atom. The lowest BCUT2D eigenvalue weighted by atomic mass is 9.93. The molecule has 1 fully saturated rings. The fourth-order valence-electron chi connectivity index (χ4n) is 1.28. The molecule has 0 aromatic rings. The smallest absolute Gasteiger partial charge is 0.335 e. The first-order valence-corrected chi connectivity index (χ1v) is 3.94. The topological polar surface area (TPSA) is 159 Å². The Balaban J connectivity index is 0.00000196. The van der Waals surface area contributed by atoms with Crippen LogP contribution in [0.4, 0.5) is 0 Å². The van der Waals surface area contributed by atoms with Crippen LogP contribution in [0.5, 0.6) is 0 Å². The van der Waals surface area contributed by atoms with Crippen molar-refractivity contribution in [1.82, 2.24) is 0 Å². The highest BCUT2D eigenvalue weighted by Crippen LogP contribution is 2.27. The molecular formula is C7H14O8. The summed E-state index contributed by atoms with van der Waals surface area (Å²) in [4.78, 5) is 10.5. The van der Waals surface area contributed by atoms with Crippen LogP contribution in [0.25, 0.3) is 0 Å². The van der Waals surface area contributed by atoms with E-state index < -0.39 is 36.2 Å². The van der Waals surface area contributed by atoms with Gasteiger partial charge in [0.15, 0.2) is 11.9 Å². The summed E-state index contributed by atoms with van der Waals surface area (Å²) in [6, 6.07) is 0. The van der Waals surface area contributed by atoms with Gasteiger partial charge in [0.05, 0.1) is 0 Å². The zero-order valence-corrected chi connectivity index (χ0v) is 7.86. The molecule has 1 rings (SSSR count). The lowest BCUT2D eigenvalue weighted by molar-refractivity contribution is -0.333. The maximum Gasteiger partial charge on any atom is 0.335 e. The molecule has 1 heterocycles. The van der Waals surface area contributed by atoms with E-state index >= 15 is 0 Å². The number of carboxylic acids is 1. The van der Waals surface area contributed by atoms with Crippen molar-refractivity contribution in [2.75, 3.05) is 0 Å². The van der Waals surface area contributed by atoms with E-state index in [-0.39, 0.29) is 5.48 Å². The number of hydrogen-bond donors (Lipinski definition) is 5. The number of rotatable bonds is 1. The number of hydrogen-bond acceptors (Lipinski definition) is 6. The summed E-state index contributed by atoms with van der Waals surface area (Å²) in [5.41, 5.74) is 0. The number of carboxylic acid groups (broad SMARTS) is 1. The lowest BCUT2D eigenvalue weighted by Gasteiger charge is -2.42. The average molecular weight is 226 g/mol. The van der Waals surface area contributed by atoms with Crippen LogP contribution in [-0.4, -0.2) is 67.2 Å². The van der Waals surface area contributed by atoms with Gasteiger partial charge in [-0.05, 0) is 6.92 Å². The largest absolute Gasteiger partial charge is 0.479 e. The van der Waals surface area contributed by atoms with Crippen LogP contribution in [0.3, 0.4) is 0 Å². The molecule has 0 aliphatic carbocycles. The van der Waals surface area contributed by atoms with Crippen LogP contribution < -0.4 is 0 Å². The van der Waals surface area contributed by atoms with E-state index in [9.17, 15) is 25.2 Å². The molecule has 0 aromatic heterocycles. The molecule has 15 heavy (non-hydrogen) atoms. The first-order valence-electron chi connectivity index (χ1n) is 3.94. The van der Waals surface area contributed by atoms with Crippen LogP contribution in [0.2, 0.25) is 0 Å². The molecule has 0 radical (unpaired) electrons. The summed E-state index contributed by atoms with van der Waals surface area (Å²) in [5, 5.41) is 45.5. The van der Waals surface area contributed by atoms with Crippen LogP contribution in [0.15, 0.2) is 0 Å². The molecule has 90 valence electrons. The number of aliphatic carboxylic acids is 1. The van der Waals surface area contributed by atoms with Gasteiger partial charge in [-0.25, -0.2) is 4.79 Å². The third kappa shape index (κ3) is 2.43. The van der Waals surface area contributed by atoms with Crippen molar-refractivity contribution in [3.63, 3.8) is 0 Å². The quantitative estimate of drug-likeness (QED) is 0.309. The van der Waals surface area contributed by atoms with Crippen LogP contribution in [0.1, 0.15) is 6.92 Å². The van der Waals surface area contributed by atoms with Crippen molar-refractivity contribution < 1.29 is 40.5 Å². The van der Waals surface area contributed by atoms with Gasteiger partial charge in [0.1, 0.15) is 18.3 Å². The highest BCUT2D eigenvalue weighted by atomic mass is 16.7. The zero-order valence-electron chi connectivity index (χ0n) is 7.86. The number of ether oxygens (including phenoxy) is 1. The van der Waals surface area contributed by atoms with E-state index in [0.717, 1.165) is 6.92 Å². The van der Waals surface area contributed by atoms with Gasteiger partial charge in [-0.2, -0.15) is 0 Å². The lowest BCUT2D eigenvalue weighted by Crippen LogP contribution is -2.64. The Bertz CT molecular complexity index is 239. The molecule has 0 saturated carbocycles. The second kappa shape index (κ2) is 4.39. The minimum absolute atomic E-state index is 0. The molecular weight excluding hydrogens is 212 g/mol. The predicted molar refractivity (Wildman–Crippen MR) is 44.8 cm³/mol. The van der Waals surface area contributed by atoms with E-state index in [1.807, 2.05) is 0 Å². The molecule has 0 aromatic carbocycles. The highest BCUT2D eigenvalue weighted by molar-refractivity contribution is 5.73.